The van der Waals surface area contributed by atoms with Gasteiger partial charge in [-0.05, 0) is 43.5 Å². The number of hydrogen-bond acceptors (Lipinski definition) is 5. The lowest BCUT2D eigenvalue weighted by Crippen LogP contribution is -2.12. The van der Waals surface area contributed by atoms with Gasteiger partial charge in [0.15, 0.2) is 5.78 Å². The van der Waals surface area contributed by atoms with Crippen LogP contribution in [-0.4, -0.2) is 18.4 Å². The van der Waals surface area contributed by atoms with Gasteiger partial charge in [-0.15, -0.1) is 0 Å². The standard InChI is InChI=1S/C15H20ClNO4/c1-11-9-12(16)7-8-14(11)20-10-13(18)5-3-2-4-6-15(19)21-17/h7-9H,2-6,10,17H2,1H3. The molecule has 0 unspecified atom stereocenters. The number of ether oxygens (including phenoxy) is 1. The first-order valence-electron chi connectivity index (χ1n) is 6.83. The highest BCUT2D eigenvalue weighted by atomic mass is 35.5. The zero-order chi connectivity index (χ0) is 15.7. The third-order valence-electron chi connectivity index (χ3n) is 2.99. The molecule has 0 spiro atoms. The first-order chi connectivity index (χ1) is 10.0. The quantitative estimate of drug-likeness (QED) is 0.560. The molecule has 5 nitrogen and oxygen atoms in total. The van der Waals surface area contributed by atoms with Crippen molar-refractivity contribution in [3.05, 3.63) is 28.8 Å². The van der Waals surface area contributed by atoms with Crippen molar-refractivity contribution in [2.24, 2.45) is 5.90 Å². The van der Waals surface area contributed by atoms with Crippen LogP contribution in [0.15, 0.2) is 18.2 Å². The van der Waals surface area contributed by atoms with Crippen LogP contribution in [0.1, 0.15) is 37.7 Å². The van der Waals surface area contributed by atoms with Crippen LogP contribution >= 0.6 is 11.6 Å². The summed E-state index contributed by atoms with van der Waals surface area (Å²) >= 11 is 5.85. The van der Waals surface area contributed by atoms with E-state index in [9.17, 15) is 9.59 Å². The monoisotopic (exact) mass is 313 g/mol. The molecule has 0 fully saturated rings. The van der Waals surface area contributed by atoms with Crippen molar-refractivity contribution in [1.29, 1.82) is 0 Å². The molecule has 0 saturated heterocycles. The molecule has 0 aromatic heterocycles. The van der Waals surface area contributed by atoms with Gasteiger partial charge < -0.3 is 9.57 Å². The molecule has 0 atom stereocenters. The van der Waals surface area contributed by atoms with Crippen LogP contribution in [0.25, 0.3) is 0 Å². The van der Waals surface area contributed by atoms with Gasteiger partial charge in [-0.25, -0.2) is 0 Å². The first-order valence-corrected chi connectivity index (χ1v) is 7.21. The van der Waals surface area contributed by atoms with Crippen LogP contribution in [0, 0.1) is 6.92 Å². The molecule has 1 aromatic carbocycles. The first kappa shape index (κ1) is 17.5. The van der Waals surface area contributed by atoms with Gasteiger partial charge >= 0.3 is 5.97 Å². The predicted molar refractivity (Wildman–Crippen MR) is 80.1 cm³/mol. The second-order valence-electron chi connectivity index (χ2n) is 4.79. The topological polar surface area (TPSA) is 78.6 Å². The van der Waals surface area contributed by atoms with E-state index < -0.39 is 5.97 Å². The molecule has 0 aliphatic heterocycles. The van der Waals surface area contributed by atoms with E-state index >= 15 is 0 Å². The largest absolute Gasteiger partial charge is 0.486 e. The molecule has 0 bridgehead atoms. The Balaban J connectivity index is 2.18. The van der Waals surface area contributed by atoms with Gasteiger partial charge in [0, 0.05) is 17.9 Å². The van der Waals surface area contributed by atoms with E-state index in [-0.39, 0.29) is 18.8 Å². The van der Waals surface area contributed by atoms with Crippen LogP contribution in [-0.2, 0) is 14.4 Å². The Morgan fingerprint density at radius 3 is 2.57 bits per heavy atom. The fourth-order valence-corrected chi connectivity index (χ4v) is 2.06. The molecule has 0 radical (unpaired) electrons. The van der Waals surface area contributed by atoms with E-state index in [0.717, 1.165) is 18.4 Å². The summed E-state index contributed by atoms with van der Waals surface area (Å²) in [6, 6.07) is 5.27. The summed E-state index contributed by atoms with van der Waals surface area (Å²) in [6.45, 7) is 1.93. The van der Waals surface area contributed by atoms with Gasteiger partial charge in [-0.1, -0.05) is 18.0 Å². The molecule has 2 N–H and O–H groups in total. The summed E-state index contributed by atoms with van der Waals surface area (Å²) in [4.78, 5) is 26.5. The summed E-state index contributed by atoms with van der Waals surface area (Å²) in [5.41, 5.74) is 0.899. The Bertz CT molecular complexity index is 491. The van der Waals surface area contributed by atoms with Crippen molar-refractivity contribution >= 4 is 23.4 Å². The number of unbranched alkanes of at least 4 members (excludes halogenated alkanes) is 2. The molecule has 1 aromatic rings. The van der Waals surface area contributed by atoms with Gasteiger partial charge in [-0.3, -0.25) is 9.59 Å². The molecular weight excluding hydrogens is 294 g/mol. The molecule has 0 saturated carbocycles. The van der Waals surface area contributed by atoms with Gasteiger partial charge in [0.1, 0.15) is 12.4 Å². The minimum Gasteiger partial charge on any atom is -0.486 e. The zero-order valence-corrected chi connectivity index (χ0v) is 12.8. The number of hydrogen-bond donors (Lipinski definition) is 1. The maximum absolute atomic E-state index is 11.7. The Labute approximate surface area is 129 Å². The summed E-state index contributed by atoms with van der Waals surface area (Å²) in [6.07, 6.45) is 2.89. The minimum absolute atomic E-state index is 0.0331. The summed E-state index contributed by atoms with van der Waals surface area (Å²) in [5, 5.41) is 0.641. The molecule has 0 heterocycles. The maximum Gasteiger partial charge on any atom is 0.324 e. The predicted octanol–water partition coefficient (Wildman–Crippen LogP) is 2.96. The number of carbonyl (C=O) groups is 2. The molecule has 1 rings (SSSR count). The minimum atomic E-state index is -0.428. The highest BCUT2D eigenvalue weighted by Crippen LogP contribution is 2.21. The van der Waals surface area contributed by atoms with Crippen molar-refractivity contribution < 1.29 is 19.2 Å². The third-order valence-corrected chi connectivity index (χ3v) is 3.23. The zero-order valence-electron chi connectivity index (χ0n) is 12.1. The van der Waals surface area contributed by atoms with Crippen molar-refractivity contribution in [2.75, 3.05) is 6.61 Å². The number of halogens is 1. The lowest BCUT2D eigenvalue weighted by Gasteiger charge is -2.08. The number of Topliss-reactive ketones (excluding diaryl/α,β-unsaturated/α-hetero) is 1. The van der Waals surface area contributed by atoms with Crippen LogP contribution < -0.4 is 10.6 Å². The Hall–Kier alpha value is -1.59. The van der Waals surface area contributed by atoms with Gasteiger partial charge in [-0.2, -0.15) is 5.90 Å². The summed E-state index contributed by atoms with van der Waals surface area (Å²) < 4.78 is 5.47. The molecule has 116 valence electrons. The molecule has 0 aliphatic carbocycles. The number of nitrogens with two attached hydrogens (primary N) is 1. The van der Waals surface area contributed by atoms with Gasteiger partial charge in [0.05, 0.1) is 0 Å². The fourth-order valence-electron chi connectivity index (χ4n) is 1.83. The summed E-state index contributed by atoms with van der Waals surface area (Å²) in [5.74, 6) is 4.99. The number of benzene rings is 1. The average Bonchev–Trinajstić information content (AvgIpc) is 2.45. The second-order valence-corrected chi connectivity index (χ2v) is 5.22. The van der Waals surface area contributed by atoms with Crippen molar-refractivity contribution in [3.8, 4) is 5.75 Å². The maximum atomic E-state index is 11.7. The van der Waals surface area contributed by atoms with Crippen molar-refractivity contribution in [2.45, 2.75) is 39.0 Å². The van der Waals surface area contributed by atoms with E-state index in [0.29, 0.717) is 23.6 Å². The van der Waals surface area contributed by atoms with E-state index in [2.05, 4.69) is 4.84 Å². The molecule has 0 aliphatic rings. The number of carbonyl (C=O) groups excluding carboxylic acids is 2. The van der Waals surface area contributed by atoms with Crippen LogP contribution in [0.3, 0.4) is 0 Å². The van der Waals surface area contributed by atoms with E-state index in [1.54, 1.807) is 18.2 Å². The summed E-state index contributed by atoms with van der Waals surface area (Å²) in [7, 11) is 0. The average molecular weight is 314 g/mol. The molecule has 21 heavy (non-hydrogen) atoms. The molecule has 0 amide bonds. The van der Waals surface area contributed by atoms with Gasteiger partial charge in [0.2, 0.25) is 0 Å². The SMILES string of the molecule is Cc1cc(Cl)ccc1OCC(=O)CCCCCC(=O)ON. The third kappa shape index (κ3) is 7.11. The lowest BCUT2D eigenvalue weighted by atomic mass is 10.1. The van der Waals surface area contributed by atoms with Gasteiger partial charge in [0.25, 0.3) is 0 Å². The Morgan fingerprint density at radius 1 is 1.19 bits per heavy atom. The lowest BCUT2D eigenvalue weighted by molar-refractivity contribution is -0.144. The van der Waals surface area contributed by atoms with Crippen molar-refractivity contribution in [3.63, 3.8) is 0 Å². The molecular formula is C15H20ClNO4. The van der Waals surface area contributed by atoms with Crippen molar-refractivity contribution in [1.82, 2.24) is 0 Å². The molecule has 6 heteroatoms. The highest BCUT2D eigenvalue weighted by Gasteiger charge is 2.06. The second kappa shape index (κ2) is 9.37. The Morgan fingerprint density at radius 2 is 1.90 bits per heavy atom. The Kier molecular flexibility index (Phi) is 7.79. The van der Waals surface area contributed by atoms with Crippen LogP contribution in [0.4, 0.5) is 0 Å². The number of aryl methyl sites for hydroxylation is 1. The fraction of sp³-hybridized carbons (Fsp3) is 0.467. The number of rotatable bonds is 9. The van der Waals surface area contributed by atoms with E-state index in [4.69, 9.17) is 22.2 Å². The highest BCUT2D eigenvalue weighted by molar-refractivity contribution is 6.30. The van der Waals surface area contributed by atoms with E-state index in [1.807, 2.05) is 6.92 Å². The smallest absolute Gasteiger partial charge is 0.324 e. The normalized spacial score (nSPS) is 10.2. The van der Waals surface area contributed by atoms with E-state index in [1.165, 1.54) is 0 Å². The van der Waals surface area contributed by atoms with Crippen LogP contribution in [0.5, 0.6) is 5.75 Å². The van der Waals surface area contributed by atoms with Crippen LogP contribution in [0.2, 0.25) is 5.02 Å². The number of ketones is 1.